The van der Waals surface area contributed by atoms with E-state index in [1.807, 2.05) is 0 Å². The number of amides is 1. The van der Waals surface area contributed by atoms with Gasteiger partial charge in [-0.15, -0.1) is 0 Å². The van der Waals surface area contributed by atoms with Crippen molar-refractivity contribution in [1.82, 2.24) is 5.32 Å². The summed E-state index contributed by atoms with van der Waals surface area (Å²) in [5.74, 6) is -1.88. The van der Waals surface area contributed by atoms with Gasteiger partial charge < -0.3 is 15.2 Å². The number of carbonyl (C=O) groups is 2. The normalized spacial score (nSPS) is 13.5. The molecule has 6 heteroatoms. The van der Waals surface area contributed by atoms with E-state index in [-0.39, 0.29) is 6.54 Å². The molecule has 0 bridgehead atoms. The number of carboxylic acids is 1. The topological polar surface area (TPSA) is 88.0 Å². The highest BCUT2D eigenvalue weighted by atomic mass is 16.6. The molecule has 0 aromatic heterocycles. The predicted octanol–water partition coefficient (Wildman–Crippen LogP) is 0.913. The minimum Gasteiger partial charge on any atom is -0.481 e. The lowest BCUT2D eigenvalue weighted by atomic mass is 10.2. The van der Waals surface area contributed by atoms with E-state index in [0.29, 0.717) is 0 Å². The standard InChI is InChI=1S/C10H18N2O4/c1-10(2,3)16-9(15)12-6-7(5-11-4)8(13)14/h5,7H,6H2,1-4H3,(H,12,15)(H,13,14)/b11-5+. The first-order valence-corrected chi connectivity index (χ1v) is 4.88. The summed E-state index contributed by atoms with van der Waals surface area (Å²) in [6, 6.07) is 0. The first-order chi connectivity index (χ1) is 7.26. The second-order valence-electron chi connectivity index (χ2n) is 4.23. The zero-order valence-corrected chi connectivity index (χ0v) is 9.98. The van der Waals surface area contributed by atoms with E-state index in [0.717, 1.165) is 0 Å². The smallest absolute Gasteiger partial charge is 0.407 e. The summed E-state index contributed by atoms with van der Waals surface area (Å²) in [6.45, 7) is 5.15. The third-order valence-corrected chi connectivity index (χ3v) is 1.51. The zero-order valence-electron chi connectivity index (χ0n) is 9.98. The number of alkyl carbamates (subject to hydrolysis) is 1. The van der Waals surface area contributed by atoms with Crippen LogP contribution in [0.2, 0.25) is 0 Å². The Morgan fingerprint density at radius 1 is 1.50 bits per heavy atom. The summed E-state index contributed by atoms with van der Waals surface area (Å²) in [6.07, 6.45) is 0.628. The molecule has 0 spiro atoms. The van der Waals surface area contributed by atoms with E-state index in [9.17, 15) is 9.59 Å². The minimum absolute atomic E-state index is 0.0401. The lowest BCUT2D eigenvalue weighted by molar-refractivity contribution is -0.139. The van der Waals surface area contributed by atoms with E-state index in [4.69, 9.17) is 9.84 Å². The maximum absolute atomic E-state index is 11.2. The van der Waals surface area contributed by atoms with Crippen LogP contribution in [0.1, 0.15) is 20.8 Å². The molecule has 0 aliphatic rings. The van der Waals surface area contributed by atoms with Gasteiger partial charge in [0.2, 0.25) is 0 Å². The fourth-order valence-corrected chi connectivity index (χ4v) is 0.891. The number of ether oxygens (including phenoxy) is 1. The number of nitrogens with zero attached hydrogens (tertiary/aromatic N) is 1. The number of nitrogens with one attached hydrogen (secondary N) is 1. The highest BCUT2D eigenvalue weighted by Crippen LogP contribution is 2.06. The summed E-state index contributed by atoms with van der Waals surface area (Å²) in [5.41, 5.74) is -0.596. The van der Waals surface area contributed by atoms with Crippen LogP contribution in [-0.4, -0.2) is 42.6 Å². The van der Waals surface area contributed by atoms with E-state index in [1.54, 1.807) is 20.8 Å². The van der Waals surface area contributed by atoms with Crippen molar-refractivity contribution in [3.05, 3.63) is 0 Å². The van der Waals surface area contributed by atoms with E-state index in [1.165, 1.54) is 13.3 Å². The zero-order chi connectivity index (χ0) is 12.8. The van der Waals surface area contributed by atoms with Crippen molar-refractivity contribution < 1.29 is 19.4 Å². The molecule has 1 amide bonds. The molecule has 92 valence electrons. The van der Waals surface area contributed by atoms with Gasteiger partial charge in [0, 0.05) is 19.8 Å². The molecule has 0 fully saturated rings. The van der Waals surface area contributed by atoms with Crippen molar-refractivity contribution in [3.8, 4) is 0 Å². The monoisotopic (exact) mass is 230 g/mol. The van der Waals surface area contributed by atoms with Gasteiger partial charge in [0.25, 0.3) is 0 Å². The van der Waals surface area contributed by atoms with Crippen molar-refractivity contribution in [2.24, 2.45) is 10.9 Å². The summed E-state index contributed by atoms with van der Waals surface area (Å²) in [4.78, 5) is 25.5. The molecule has 0 aromatic rings. The number of rotatable bonds is 4. The number of aliphatic carboxylic acids is 1. The van der Waals surface area contributed by atoms with Gasteiger partial charge in [-0.05, 0) is 20.8 Å². The molecule has 0 heterocycles. The average molecular weight is 230 g/mol. The van der Waals surface area contributed by atoms with E-state index in [2.05, 4.69) is 10.3 Å². The Hall–Kier alpha value is -1.59. The highest BCUT2D eigenvalue weighted by molar-refractivity contribution is 5.89. The molecule has 6 nitrogen and oxygen atoms in total. The molecule has 0 saturated heterocycles. The predicted molar refractivity (Wildman–Crippen MR) is 59.8 cm³/mol. The SMILES string of the molecule is C/N=C/C(CNC(=O)OC(C)(C)C)C(=O)O. The quantitative estimate of drug-likeness (QED) is 0.703. The fourth-order valence-electron chi connectivity index (χ4n) is 0.891. The van der Waals surface area contributed by atoms with Gasteiger partial charge in [0.1, 0.15) is 11.5 Å². The van der Waals surface area contributed by atoms with Crippen LogP contribution in [0.3, 0.4) is 0 Å². The third kappa shape index (κ3) is 6.80. The molecule has 0 aliphatic heterocycles. The van der Waals surface area contributed by atoms with Crippen LogP contribution in [0.15, 0.2) is 4.99 Å². The molecule has 0 aliphatic carbocycles. The average Bonchev–Trinajstić information content (AvgIpc) is 2.08. The molecule has 0 saturated carbocycles. The maximum atomic E-state index is 11.2. The Kier molecular flexibility index (Phi) is 5.49. The lowest BCUT2D eigenvalue weighted by Crippen LogP contribution is -2.37. The molecule has 0 aromatic carbocycles. The van der Waals surface area contributed by atoms with Crippen molar-refractivity contribution in [2.75, 3.05) is 13.6 Å². The second-order valence-corrected chi connectivity index (χ2v) is 4.23. The molecular weight excluding hydrogens is 212 g/mol. The molecule has 1 atom stereocenters. The highest BCUT2D eigenvalue weighted by Gasteiger charge is 2.19. The molecule has 0 radical (unpaired) electrons. The largest absolute Gasteiger partial charge is 0.481 e. The van der Waals surface area contributed by atoms with Crippen molar-refractivity contribution in [1.29, 1.82) is 0 Å². The van der Waals surface area contributed by atoms with Crippen molar-refractivity contribution >= 4 is 18.3 Å². The van der Waals surface area contributed by atoms with Gasteiger partial charge in [-0.2, -0.15) is 0 Å². The van der Waals surface area contributed by atoms with Crippen LogP contribution >= 0.6 is 0 Å². The minimum atomic E-state index is -1.04. The summed E-state index contributed by atoms with van der Waals surface area (Å²) in [5, 5.41) is 11.1. The number of hydrogen-bond donors (Lipinski definition) is 2. The number of aliphatic imine (C=N–C) groups is 1. The summed E-state index contributed by atoms with van der Waals surface area (Å²) < 4.78 is 4.96. The Balaban J connectivity index is 4.12. The van der Waals surface area contributed by atoms with Crippen LogP contribution in [0.5, 0.6) is 0 Å². The van der Waals surface area contributed by atoms with Crippen LogP contribution < -0.4 is 5.32 Å². The number of hydrogen-bond acceptors (Lipinski definition) is 4. The molecule has 1 unspecified atom stereocenters. The van der Waals surface area contributed by atoms with Gasteiger partial charge in [-0.25, -0.2) is 4.79 Å². The van der Waals surface area contributed by atoms with Gasteiger partial charge in [0.15, 0.2) is 0 Å². The maximum Gasteiger partial charge on any atom is 0.407 e. The van der Waals surface area contributed by atoms with Gasteiger partial charge in [0.05, 0.1) is 0 Å². The summed E-state index contributed by atoms with van der Waals surface area (Å²) in [7, 11) is 1.48. The van der Waals surface area contributed by atoms with Crippen LogP contribution in [0, 0.1) is 5.92 Å². The Labute approximate surface area is 94.7 Å². The molecule has 2 N–H and O–H groups in total. The summed E-state index contributed by atoms with van der Waals surface area (Å²) >= 11 is 0. The van der Waals surface area contributed by atoms with E-state index < -0.39 is 23.6 Å². The van der Waals surface area contributed by atoms with Gasteiger partial charge >= 0.3 is 12.1 Å². The van der Waals surface area contributed by atoms with Crippen LogP contribution in [0.4, 0.5) is 4.79 Å². The molecule has 16 heavy (non-hydrogen) atoms. The van der Waals surface area contributed by atoms with Crippen LogP contribution in [0.25, 0.3) is 0 Å². The molecule has 0 rings (SSSR count). The van der Waals surface area contributed by atoms with Crippen molar-refractivity contribution in [3.63, 3.8) is 0 Å². The Bertz CT molecular complexity index is 281. The number of carbonyl (C=O) groups excluding carboxylic acids is 1. The third-order valence-electron chi connectivity index (χ3n) is 1.51. The fraction of sp³-hybridized carbons (Fsp3) is 0.700. The van der Waals surface area contributed by atoms with Crippen LogP contribution in [-0.2, 0) is 9.53 Å². The second kappa shape index (κ2) is 6.09. The Morgan fingerprint density at radius 2 is 2.06 bits per heavy atom. The first-order valence-electron chi connectivity index (χ1n) is 4.88. The lowest BCUT2D eigenvalue weighted by Gasteiger charge is -2.20. The van der Waals surface area contributed by atoms with Gasteiger partial charge in [-0.3, -0.25) is 9.79 Å². The van der Waals surface area contributed by atoms with Crippen molar-refractivity contribution in [2.45, 2.75) is 26.4 Å². The van der Waals surface area contributed by atoms with E-state index >= 15 is 0 Å². The number of carboxylic acid groups (broad SMARTS) is 1. The Morgan fingerprint density at radius 3 is 2.44 bits per heavy atom. The molecular formula is C10H18N2O4. The first kappa shape index (κ1) is 14.4. The van der Waals surface area contributed by atoms with Gasteiger partial charge in [-0.1, -0.05) is 0 Å².